The lowest BCUT2D eigenvalue weighted by molar-refractivity contribution is -0.384. The molecule has 0 spiro atoms. The molecule has 0 radical (unpaired) electrons. The molecule has 1 unspecified atom stereocenters. The SMILES string of the molecule is CCOC(=O)c1nc(NC=O)n(N2C(C)=CC(c3cccc([N+](=O)[O-])c3)C(C(=O)OC)=C2C)n1. The highest BCUT2D eigenvalue weighted by atomic mass is 16.6. The van der Waals surface area contributed by atoms with Crippen LogP contribution in [0.25, 0.3) is 0 Å². The topological polar surface area (TPSA) is 159 Å². The van der Waals surface area contributed by atoms with Gasteiger partial charge in [-0.3, -0.25) is 20.2 Å². The van der Waals surface area contributed by atoms with Gasteiger partial charge in [-0.05, 0) is 26.3 Å². The largest absolute Gasteiger partial charge is 0.466 e. The molecule has 1 amide bonds. The van der Waals surface area contributed by atoms with Gasteiger partial charge in [-0.15, -0.1) is 9.89 Å². The van der Waals surface area contributed by atoms with E-state index in [-0.39, 0.29) is 29.6 Å². The molecule has 0 saturated heterocycles. The van der Waals surface area contributed by atoms with Gasteiger partial charge in [0, 0.05) is 23.7 Å². The number of hydrogen-bond acceptors (Lipinski definition) is 10. The zero-order chi connectivity index (χ0) is 25.0. The minimum Gasteiger partial charge on any atom is -0.466 e. The van der Waals surface area contributed by atoms with E-state index in [2.05, 4.69) is 15.4 Å². The van der Waals surface area contributed by atoms with Crippen molar-refractivity contribution in [2.75, 3.05) is 24.0 Å². The lowest BCUT2D eigenvalue weighted by Crippen LogP contribution is -2.38. The highest BCUT2D eigenvalue weighted by Crippen LogP contribution is 2.37. The van der Waals surface area contributed by atoms with Gasteiger partial charge < -0.3 is 9.47 Å². The van der Waals surface area contributed by atoms with Gasteiger partial charge in [-0.2, -0.15) is 4.98 Å². The van der Waals surface area contributed by atoms with E-state index in [4.69, 9.17) is 9.47 Å². The minimum absolute atomic E-state index is 0.0943. The first-order chi connectivity index (χ1) is 16.2. The Bertz CT molecular complexity index is 1220. The molecule has 1 N–H and O–H groups in total. The standard InChI is InChI=1S/C21H22N6O7/c1-5-34-20(30)18-23-21(22-11-28)26(24-18)25-12(2)9-16(17(13(25)3)19(29)33-4)14-7-6-8-15(10-14)27(31)32/h6-11,16H,5H2,1-4H3,(H,22,23,24,28). The van der Waals surface area contributed by atoms with Crippen LogP contribution >= 0.6 is 0 Å². The minimum atomic E-state index is -0.793. The molecule has 1 aromatic heterocycles. The first-order valence-electron chi connectivity index (χ1n) is 10.1. The van der Waals surface area contributed by atoms with Crippen molar-refractivity contribution in [2.45, 2.75) is 26.7 Å². The summed E-state index contributed by atoms with van der Waals surface area (Å²) in [6.07, 6.45) is 2.05. The monoisotopic (exact) mass is 470 g/mol. The van der Waals surface area contributed by atoms with Crippen molar-refractivity contribution in [1.29, 1.82) is 0 Å². The molecule has 3 rings (SSSR count). The number of nitro benzene ring substituents is 1. The number of non-ortho nitro benzene ring substituents is 1. The maximum absolute atomic E-state index is 12.8. The Morgan fingerprint density at radius 2 is 2.03 bits per heavy atom. The van der Waals surface area contributed by atoms with E-state index in [1.165, 1.54) is 30.3 Å². The van der Waals surface area contributed by atoms with Crippen LogP contribution in [-0.4, -0.2) is 51.9 Å². The van der Waals surface area contributed by atoms with Gasteiger partial charge in [0.2, 0.25) is 12.4 Å². The molecule has 0 fully saturated rings. The Hall–Kier alpha value is -4.55. The first kappa shape index (κ1) is 24.1. The van der Waals surface area contributed by atoms with E-state index in [0.717, 1.165) is 4.79 Å². The quantitative estimate of drug-likeness (QED) is 0.262. The Morgan fingerprint density at radius 1 is 1.29 bits per heavy atom. The second-order valence-electron chi connectivity index (χ2n) is 7.07. The predicted octanol–water partition coefficient (Wildman–Crippen LogP) is 2.02. The summed E-state index contributed by atoms with van der Waals surface area (Å²) in [4.78, 5) is 52.0. The maximum Gasteiger partial charge on any atom is 0.378 e. The van der Waals surface area contributed by atoms with Crippen LogP contribution in [0.1, 0.15) is 42.9 Å². The van der Waals surface area contributed by atoms with Crippen molar-refractivity contribution in [1.82, 2.24) is 14.9 Å². The normalized spacial score (nSPS) is 15.5. The van der Waals surface area contributed by atoms with E-state index in [9.17, 15) is 24.5 Å². The molecule has 0 aliphatic carbocycles. The molecule has 0 saturated carbocycles. The molecule has 34 heavy (non-hydrogen) atoms. The third-order valence-corrected chi connectivity index (χ3v) is 5.03. The Kier molecular flexibility index (Phi) is 7.04. The van der Waals surface area contributed by atoms with Crippen LogP contribution in [0.15, 0.2) is 47.3 Å². The zero-order valence-corrected chi connectivity index (χ0v) is 18.8. The highest BCUT2D eigenvalue weighted by Gasteiger charge is 2.34. The summed E-state index contributed by atoms with van der Waals surface area (Å²) < 4.78 is 9.91. The molecule has 13 heteroatoms. The molecule has 1 aliphatic heterocycles. The van der Waals surface area contributed by atoms with Crippen LogP contribution in [-0.2, 0) is 19.1 Å². The van der Waals surface area contributed by atoms with Crippen LogP contribution in [0.3, 0.4) is 0 Å². The van der Waals surface area contributed by atoms with Gasteiger partial charge in [-0.25, -0.2) is 14.6 Å². The molecule has 13 nitrogen and oxygen atoms in total. The average molecular weight is 470 g/mol. The number of anilines is 1. The molecule has 1 aromatic carbocycles. The van der Waals surface area contributed by atoms with Crippen molar-refractivity contribution in [3.05, 3.63) is 68.8 Å². The lowest BCUT2D eigenvalue weighted by Gasteiger charge is -2.34. The Morgan fingerprint density at radius 3 is 2.65 bits per heavy atom. The molecule has 2 aromatic rings. The van der Waals surface area contributed by atoms with Gasteiger partial charge in [0.15, 0.2) is 0 Å². The number of nitrogens with zero attached hydrogens (tertiary/aromatic N) is 5. The van der Waals surface area contributed by atoms with Crippen molar-refractivity contribution >= 4 is 30.0 Å². The molecular formula is C21H22N6O7. The maximum atomic E-state index is 12.8. The van der Waals surface area contributed by atoms with E-state index in [1.54, 1.807) is 32.9 Å². The number of esters is 2. The van der Waals surface area contributed by atoms with Gasteiger partial charge in [0.05, 0.1) is 29.9 Å². The van der Waals surface area contributed by atoms with Crippen molar-refractivity contribution in [3.63, 3.8) is 0 Å². The molecular weight excluding hydrogens is 448 g/mol. The summed E-state index contributed by atoms with van der Waals surface area (Å²) in [6.45, 7) is 5.05. The fourth-order valence-corrected chi connectivity index (χ4v) is 3.64. The van der Waals surface area contributed by atoms with Crippen LogP contribution in [0, 0.1) is 10.1 Å². The third kappa shape index (κ3) is 4.48. The van der Waals surface area contributed by atoms with Crippen molar-refractivity contribution < 1.29 is 28.8 Å². The Labute approximate surface area is 193 Å². The van der Waals surface area contributed by atoms with Crippen molar-refractivity contribution in [3.8, 4) is 0 Å². The van der Waals surface area contributed by atoms with Crippen LogP contribution in [0.4, 0.5) is 11.6 Å². The highest BCUT2D eigenvalue weighted by molar-refractivity contribution is 5.93. The van der Waals surface area contributed by atoms with Crippen LogP contribution in [0.2, 0.25) is 0 Å². The molecule has 178 valence electrons. The number of aromatic nitrogens is 3. The Balaban J connectivity index is 2.17. The number of benzene rings is 1. The molecule has 1 atom stereocenters. The van der Waals surface area contributed by atoms with Crippen molar-refractivity contribution in [2.24, 2.45) is 0 Å². The number of hydrogen-bond donors (Lipinski definition) is 1. The smallest absolute Gasteiger partial charge is 0.378 e. The van der Waals surface area contributed by atoms with Crippen LogP contribution in [0.5, 0.6) is 0 Å². The van der Waals surface area contributed by atoms with E-state index in [0.29, 0.717) is 23.4 Å². The fourth-order valence-electron chi connectivity index (χ4n) is 3.64. The lowest BCUT2D eigenvalue weighted by atomic mass is 9.86. The summed E-state index contributed by atoms with van der Waals surface area (Å²) >= 11 is 0. The summed E-state index contributed by atoms with van der Waals surface area (Å²) in [5.74, 6) is -2.52. The zero-order valence-electron chi connectivity index (χ0n) is 18.8. The number of ether oxygens (including phenoxy) is 2. The number of rotatable bonds is 8. The number of methoxy groups -OCH3 is 1. The summed E-state index contributed by atoms with van der Waals surface area (Å²) in [5.41, 5.74) is 1.44. The molecule has 0 bridgehead atoms. The number of amides is 1. The fraction of sp³-hybridized carbons (Fsp3) is 0.286. The average Bonchev–Trinajstić information content (AvgIpc) is 3.22. The second-order valence-corrected chi connectivity index (χ2v) is 7.07. The first-order valence-corrected chi connectivity index (χ1v) is 10.1. The number of carbonyl (C=O) groups is 3. The number of allylic oxidation sites excluding steroid dienone is 3. The summed E-state index contributed by atoms with van der Waals surface area (Å²) in [7, 11) is 1.22. The van der Waals surface area contributed by atoms with E-state index in [1.807, 2.05) is 0 Å². The molecule has 1 aliphatic rings. The van der Waals surface area contributed by atoms with Gasteiger partial charge >= 0.3 is 11.9 Å². The number of nitrogens with one attached hydrogen (secondary N) is 1. The van der Waals surface area contributed by atoms with Crippen LogP contribution < -0.4 is 10.3 Å². The second kappa shape index (κ2) is 9.94. The van der Waals surface area contributed by atoms with E-state index < -0.39 is 22.8 Å². The summed E-state index contributed by atoms with van der Waals surface area (Å²) in [6, 6.07) is 5.94. The number of nitro groups is 1. The molecule has 2 heterocycles. The predicted molar refractivity (Wildman–Crippen MR) is 118 cm³/mol. The third-order valence-electron chi connectivity index (χ3n) is 5.03. The van der Waals surface area contributed by atoms with Gasteiger partial charge in [0.25, 0.3) is 11.5 Å². The summed E-state index contributed by atoms with van der Waals surface area (Å²) in [5, 5.41) is 19.2. The van der Waals surface area contributed by atoms with E-state index >= 15 is 0 Å². The van der Waals surface area contributed by atoms with Gasteiger partial charge in [0.1, 0.15) is 0 Å². The van der Waals surface area contributed by atoms with Gasteiger partial charge in [-0.1, -0.05) is 18.2 Å². The number of carbonyl (C=O) groups excluding carboxylic acids is 3.